The number of amides is 4. The number of nitrogens with one attached hydrogen (secondary N) is 1. The Morgan fingerprint density at radius 1 is 1.48 bits per heavy atom. The van der Waals surface area contributed by atoms with Gasteiger partial charge in [0.15, 0.2) is 0 Å². The van der Waals surface area contributed by atoms with Crippen molar-refractivity contribution < 1.29 is 19.5 Å². The van der Waals surface area contributed by atoms with Gasteiger partial charge in [-0.05, 0) is 32.1 Å². The minimum atomic E-state index is -0.910. The number of nitrogens with zero attached hydrogens (tertiary/aromatic N) is 2. The second kappa shape index (κ2) is 6.01. The maximum Gasteiger partial charge on any atom is 0.325 e. The van der Waals surface area contributed by atoms with Gasteiger partial charge in [-0.3, -0.25) is 14.5 Å². The highest BCUT2D eigenvalue weighted by Crippen LogP contribution is 2.21. The standard InChI is InChI=1S/C14H23N3O4/c1-3-14(2)12(20)17(13(21)15-14)8-11(19)16-6-4-5-10(7-16)9-18/h10,18H,3-9H2,1-2H3,(H,15,21). The molecule has 0 aromatic heterocycles. The summed E-state index contributed by atoms with van der Waals surface area (Å²) in [6.07, 6.45) is 2.22. The normalized spacial score (nSPS) is 29.8. The minimum absolute atomic E-state index is 0.0564. The second-order valence-corrected chi connectivity index (χ2v) is 6.04. The van der Waals surface area contributed by atoms with Gasteiger partial charge >= 0.3 is 6.03 Å². The molecular formula is C14H23N3O4. The van der Waals surface area contributed by atoms with Crippen molar-refractivity contribution in [3.8, 4) is 0 Å². The van der Waals surface area contributed by atoms with Crippen molar-refractivity contribution in [3.63, 3.8) is 0 Å². The summed E-state index contributed by atoms with van der Waals surface area (Å²) < 4.78 is 0. The first-order chi connectivity index (χ1) is 9.91. The number of aliphatic hydroxyl groups is 1. The van der Waals surface area contributed by atoms with Gasteiger partial charge in [0.1, 0.15) is 12.1 Å². The van der Waals surface area contributed by atoms with Crippen LogP contribution in [0.3, 0.4) is 0 Å². The van der Waals surface area contributed by atoms with E-state index in [1.807, 2.05) is 6.92 Å². The largest absolute Gasteiger partial charge is 0.396 e. The van der Waals surface area contributed by atoms with Crippen molar-refractivity contribution in [3.05, 3.63) is 0 Å². The molecule has 2 N–H and O–H groups in total. The van der Waals surface area contributed by atoms with Crippen LogP contribution >= 0.6 is 0 Å². The first-order valence-corrected chi connectivity index (χ1v) is 7.44. The smallest absolute Gasteiger partial charge is 0.325 e. The zero-order valence-corrected chi connectivity index (χ0v) is 12.6. The number of likely N-dealkylation sites (tertiary alicyclic amines) is 1. The van der Waals surface area contributed by atoms with Crippen molar-refractivity contribution in [1.82, 2.24) is 15.1 Å². The summed E-state index contributed by atoms with van der Waals surface area (Å²) in [5, 5.41) is 11.8. The number of hydrogen-bond donors (Lipinski definition) is 2. The molecule has 0 saturated carbocycles. The highest BCUT2D eigenvalue weighted by molar-refractivity contribution is 6.08. The molecule has 0 aliphatic carbocycles. The fourth-order valence-electron chi connectivity index (χ4n) is 2.81. The molecule has 0 aromatic carbocycles. The number of piperidine rings is 1. The van der Waals surface area contributed by atoms with Crippen molar-refractivity contribution >= 4 is 17.8 Å². The van der Waals surface area contributed by atoms with Crippen LogP contribution < -0.4 is 5.32 Å². The zero-order chi connectivity index (χ0) is 15.6. The zero-order valence-electron chi connectivity index (χ0n) is 12.6. The number of hydrogen-bond acceptors (Lipinski definition) is 4. The molecule has 2 fully saturated rings. The summed E-state index contributed by atoms with van der Waals surface area (Å²) in [7, 11) is 0. The van der Waals surface area contributed by atoms with Crippen molar-refractivity contribution in [1.29, 1.82) is 0 Å². The fourth-order valence-corrected chi connectivity index (χ4v) is 2.81. The first-order valence-electron chi connectivity index (χ1n) is 7.44. The van der Waals surface area contributed by atoms with Crippen LogP contribution in [-0.2, 0) is 9.59 Å². The molecule has 2 atom stereocenters. The van der Waals surface area contributed by atoms with E-state index in [4.69, 9.17) is 0 Å². The molecule has 0 bridgehead atoms. The van der Waals surface area contributed by atoms with E-state index >= 15 is 0 Å². The van der Waals surface area contributed by atoms with E-state index in [0.717, 1.165) is 17.7 Å². The van der Waals surface area contributed by atoms with Gasteiger partial charge in [-0.2, -0.15) is 0 Å². The van der Waals surface area contributed by atoms with Gasteiger partial charge in [0.2, 0.25) is 5.91 Å². The molecule has 2 aliphatic rings. The molecule has 118 valence electrons. The van der Waals surface area contributed by atoms with Gasteiger partial charge in [-0.25, -0.2) is 4.79 Å². The molecule has 0 spiro atoms. The van der Waals surface area contributed by atoms with E-state index in [1.165, 1.54) is 0 Å². The van der Waals surface area contributed by atoms with Gasteiger partial charge in [0.25, 0.3) is 5.91 Å². The maximum atomic E-state index is 12.3. The summed E-state index contributed by atoms with van der Waals surface area (Å²) in [6, 6.07) is -0.506. The van der Waals surface area contributed by atoms with E-state index in [9.17, 15) is 19.5 Å². The van der Waals surface area contributed by atoms with E-state index < -0.39 is 11.6 Å². The van der Waals surface area contributed by atoms with Gasteiger partial charge in [-0.1, -0.05) is 6.92 Å². The van der Waals surface area contributed by atoms with E-state index in [1.54, 1.807) is 11.8 Å². The van der Waals surface area contributed by atoms with Crippen LogP contribution in [0.5, 0.6) is 0 Å². The lowest BCUT2D eigenvalue weighted by Crippen LogP contribution is -2.48. The number of carbonyl (C=O) groups excluding carboxylic acids is 3. The molecule has 0 aromatic rings. The van der Waals surface area contributed by atoms with Crippen LogP contribution in [0.15, 0.2) is 0 Å². The molecule has 2 heterocycles. The van der Waals surface area contributed by atoms with E-state index in [-0.39, 0.29) is 30.9 Å². The Balaban J connectivity index is 1.99. The average Bonchev–Trinajstić information content (AvgIpc) is 2.71. The quantitative estimate of drug-likeness (QED) is 0.711. The lowest BCUT2D eigenvalue weighted by molar-refractivity contribution is -0.140. The van der Waals surface area contributed by atoms with Crippen LogP contribution in [0.1, 0.15) is 33.1 Å². The third-order valence-corrected chi connectivity index (χ3v) is 4.48. The molecule has 2 rings (SSSR count). The van der Waals surface area contributed by atoms with Crippen LogP contribution in [0, 0.1) is 5.92 Å². The SMILES string of the molecule is CCC1(C)NC(=O)N(CC(=O)N2CCCC(CO)C2)C1=O. The maximum absolute atomic E-state index is 12.3. The topological polar surface area (TPSA) is 90.0 Å². The van der Waals surface area contributed by atoms with Crippen LogP contribution in [-0.4, -0.2) is 64.5 Å². The second-order valence-electron chi connectivity index (χ2n) is 6.04. The Hall–Kier alpha value is -1.63. The van der Waals surface area contributed by atoms with Crippen molar-refractivity contribution in [2.24, 2.45) is 5.92 Å². The summed E-state index contributed by atoms with van der Waals surface area (Å²) in [5.41, 5.74) is -0.910. The molecule has 7 heteroatoms. The summed E-state index contributed by atoms with van der Waals surface area (Å²) in [5.74, 6) is -0.497. The number of rotatable bonds is 4. The van der Waals surface area contributed by atoms with Crippen LogP contribution in [0.25, 0.3) is 0 Å². The van der Waals surface area contributed by atoms with Gasteiger partial charge in [0, 0.05) is 19.7 Å². The molecule has 7 nitrogen and oxygen atoms in total. The third-order valence-electron chi connectivity index (χ3n) is 4.48. The molecule has 21 heavy (non-hydrogen) atoms. The molecule has 2 saturated heterocycles. The lowest BCUT2D eigenvalue weighted by Gasteiger charge is -2.32. The number of urea groups is 1. The first kappa shape index (κ1) is 15.8. The lowest BCUT2D eigenvalue weighted by atomic mass is 9.98. The minimum Gasteiger partial charge on any atom is -0.396 e. The van der Waals surface area contributed by atoms with E-state index in [0.29, 0.717) is 19.5 Å². The highest BCUT2D eigenvalue weighted by atomic mass is 16.3. The van der Waals surface area contributed by atoms with Gasteiger partial charge < -0.3 is 15.3 Å². The van der Waals surface area contributed by atoms with Crippen molar-refractivity contribution in [2.45, 2.75) is 38.6 Å². The average molecular weight is 297 g/mol. The highest BCUT2D eigenvalue weighted by Gasteiger charge is 2.47. The summed E-state index contributed by atoms with van der Waals surface area (Å²) >= 11 is 0. The Kier molecular flexibility index (Phi) is 4.51. The molecule has 2 unspecified atom stereocenters. The predicted molar refractivity (Wildman–Crippen MR) is 75.3 cm³/mol. The summed E-state index contributed by atoms with van der Waals surface area (Å²) in [6.45, 7) is 4.42. The Labute approximate surface area is 124 Å². The molecule has 2 aliphatic heterocycles. The number of imide groups is 1. The van der Waals surface area contributed by atoms with Gasteiger partial charge in [-0.15, -0.1) is 0 Å². The monoisotopic (exact) mass is 297 g/mol. The fraction of sp³-hybridized carbons (Fsp3) is 0.786. The van der Waals surface area contributed by atoms with E-state index in [2.05, 4.69) is 5.32 Å². The van der Waals surface area contributed by atoms with Crippen LogP contribution in [0.4, 0.5) is 4.79 Å². The molecular weight excluding hydrogens is 274 g/mol. The van der Waals surface area contributed by atoms with Crippen LogP contribution in [0.2, 0.25) is 0 Å². The Bertz CT molecular complexity index is 454. The Morgan fingerprint density at radius 3 is 2.76 bits per heavy atom. The predicted octanol–water partition coefficient (Wildman–Crippen LogP) is -0.0622. The molecule has 0 radical (unpaired) electrons. The Morgan fingerprint density at radius 2 is 2.19 bits per heavy atom. The third kappa shape index (κ3) is 3.02. The van der Waals surface area contributed by atoms with Gasteiger partial charge in [0.05, 0.1) is 0 Å². The number of carbonyl (C=O) groups is 3. The summed E-state index contributed by atoms with van der Waals surface area (Å²) in [4.78, 5) is 39.0. The number of aliphatic hydroxyl groups excluding tert-OH is 1. The van der Waals surface area contributed by atoms with Crippen molar-refractivity contribution in [2.75, 3.05) is 26.2 Å². The molecule has 4 amide bonds.